The second-order valence-electron chi connectivity index (χ2n) is 8.09. The fourth-order valence-corrected chi connectivity index (χ4v) is 4.81. The summed E-state index contributed by atoms with van der Waals surface area (Å²) in [5.41, 5.74) is 2.22. The van der Waals surface area contributed by atoms with Crippen LogP contribution >= 0.6 is 0 Å². The highest BCUT2D eigenvalue weighted by molar-refractivity contribution is 5.44. The van der Waals surface area contributed by atoms with Crippen molar-refractivity contribution < 1.29 is 0 Å². The average Bonchev–Trinajstić information content (AvgIpc) is 3.25. The van der Waals surface area contributed by atoms with Crippen LogP contribution in [-0.4, -0.2) is 43.8 Å². The molecule has 1 saturated carbocycles. The molecule has 0 bridgehead atoms. The molecule has 2 aromatic heterocycles. The second kappa shape index (κ2) is 6.93. The number of rotatable bonds is 4. The first-order valence-corrected chi connectivity index (χ1v) is 9.96. The van der Waals surface area contributed by atoms with E-state index < -0.39 is 0 Å². The van der Waals surface area contributed by atoms with Crippen molar-refractivity contribution in [2.75, 3.05) is 18.4 Å². The Morgan fingerprint density at radius 3 is 2.74 bits per heavy atom. The number of nitrogens with one attached hydrogen (secondary N) is 1. The Hall–Kier alpha value is -2.47. The lowest BCUT2D eigenvalue weighted by Gasteiger charge is -2.31. The first kappa shape index (κ1) is 16.7. The predicted molar refractivity (Wildman–Crippen MR) is 105 cm³/mol. The first-order valence-electron chi connectivity index (χ1n) is 9.96. The molecule has 6 nitrogen and oxygen atoms in total. The van der Waals surface area contributed by atoms with E-state index in [0.717, 1.165) is 35.7 Å². The number of aromatic nitrogens is 4. The maximum Gasteiger partial charge on any atom is 0.178 e. The highest BCUT2D eigenvalue weighted by Crippen LogP contribution is 2.37. The Morgan fingerprint density at radius 1 is 1.00 bits per heavy atom. The summed E-state index contributed by atoms with van der Waals surface area (Å²) in [6.45, 7) is 5.48. The Balaban J connectivity index is 1.22. The summed E-state index contributed by atoms with van der Waals surface area (Å²) in [6.07, 6.45) is 3.76. The number of likely N-dealkylation sites (tertiary alicyclic amines) is 1. The van der Waals surface area contributed by atoms with Gasteiger partial charge in [0, 0.05) is 25.7 Å². The van der Waals surface area contributed by atoms with Crippen molar-refractivity contribution in [2.24, 2.45) is 11.8 Å². The quantitative estimate of drug-likeness (QED) is 0.773. The van der Waals surface area contributed by atoms with Gasteiger partial charge < -0.3 is 5.32 Å². The summed E-state index contributed by atoms with van der Waals surface area (Å²) in [5, 5.41) is 16.5. The Bertz CT molecular complexity index is 921. The zero-order valence-corrected chi connectivity index (χ0v) is 15.8. The highest BCUT2D eigenvalue weighted by Gasteiger charge is 2.37. The molecule has 5 rings (SSSR count). The number of benzene rings is 1. The topological polar surface area (TPSA) is 58.4 Å². The Kier molecular flexibility index (Phi) is 4.28. The van der Waals surface area contributed by atoms with Gasteiger partial charge in [0.05, 0.1) is 0 Å². The van der Waals surface area contributed by atoms with Gasteiger partial charge in [-0.25, -0.2) is 0 Å². The molecule has 0 spiro atoms. The van der Waals surface area contributed by atoms with E-state index in [4.69, 9.17) is 0 Å². The summed E-state index contributed by atoms with van der Waals surface area (Å²) in [7, 11) is 0. The summed E-state index contributed by atoms with van der Waals surface area (Å²) in [4.78, 5) is 2.64. The molecule has 27 heavy (non-hydrogen) atoms. The van der Waals surface area contributed by atoms with Crippen LogP contribution in [-0.2, 0) is 6.54 Å². The van der Waals surface area contributed by atoms with E-state index in [2.05, 4.69) is 55.8 Å². The lowest BCUT2D eigenvalue weighted by atomic mass is 9.79. The Morgan fingerprint density at radius 2 is 1.85 bits per heavy atom. The van der Waals surface area contributed by atoms with Gasteiger partial charge in [0.2, 0.25) is 0 Å². The van der Waals surface area contributed by atoms with Gasteiger partial charge in [-0.2, -0.15) is 4.52 Å². The molecular formula is C21H26N6. The number of hydrogen-bond donors (Lipinski definition) is 1. The van der Waals surface area contributed by atoms with E-state index in [1.54, 1.807) is 0 Å². The van der Waals surface area contributed by atoms with Crippen molar-refractivity contribution in [1.82, 2.24) is 24.7 Å². The van der Waals surface area contributed by atoms with E-state index in [1.807, 2.05) is 23.6 Å². The normalized spacial score (nSPS) is 25.6. The molecule has 1 aliphatic heterocycles. The lowest BCUT2D eigenvalue weighted by molar-refractivity contribution is 0.281. The molecule has 3 heterocycles. The standard InChI is InChI=1S/C21H26N6/c1-15-23-24-21-10-9-20(25-27(15)21)22-19-8-7-17-13-26(14-18(17)11-19)12-16-5-3-2-4-6-16/h2-6,9-10,17-19H,7-8,11-14H2,1H3,(H,22,25)/t17-,18+,19?/m1/s1. The van der Waals surface area contributed by atoms with E-state index in [9.17, 15) is 0 Å². The van der Waals surface area contributed by atoms with Crippen molar-refractivity contribution in [2.45, 2.75) is 38.8 Å². The van der Waals surface area contributed by atoms with Crippen molar-refractivity contribution >= 4 is 11.5 Å². The molecule has 1 aromatic carbocycles. The number of anilines is 1. The summed E-state index contributed by atoms with van der Waals surface area (Å²) in [5.74, 6) is 3.39. The van der Waals surface area contributed by atoms with Gasteiger partial charge >= 0.3 is 0 Å². The van der Waals surface area contributed by atoms with E-state index >= 15 is 0 Å². The molecular weight excluding hydrogens is 336 g/mol. The van der Waals surface area contributed by atoms with Gasteiger partial charge in [-0.1, -0.05) is 30.3 Å². The number of fused-ring (bicyclic) bond motifs is 2. The van der Waals surface area contributed by atoms with Crippen molar-refractivity contribution in [3.63, 3.8) is 0 Å². The largest absolute Gasteiger partial charge is 0.366 e. The molecule has 3 aromatic rings. The van der Waals surface area contributed by atoms with Crippen LogP contribution in [0, 0.1) is 18.8 Å². The first-order chi connectivity index (χ1) is 13.2. The highest BCUT2D eigenvalue weighted by atomic mass is 15.4. The van der Waals surface area contributed by atoms with Crippen LogP contribution in [0.1, 0.15) is 30.7 Å². The number of hydrogen-bond acceptors (Lipinski definition) is 5. The molecule has 6 heteroatoms. The molecule has 3 atom stereocenters. The molecule has 1 saturated heterocycles. The maximum absolute atomic E-state index is 4.66. The fourth-order valence-electron chi connectivity index (χ4n) is 4.81. The second-order valence-corrected chi connectivity index (χ2v) is 8.09. The SMILES string of the molecule is Cc1nnc2ccc(NC3CC[C@@H]4CN(Cc5ccccc5)C[C@@H]4C3)nn12. The smallest absolute Gasteiger partial charge is 0.178 e. The van der Waals surface area contributed by atoms with Gasteiger partial charge in [0.25, 0.3) is 0 Å². The number of aryl methyl sites for hydroxylation is 1. The predicted octanol–water partition coefficient (Wildman–Crippen LogP) is 3.15. The van der Waals surface area contributed by atoms with Crippen LogP contribution in [0.2, 0.25) is 0 Å². The summed E-state index contributed by atoms with van der Waals surface area (Å²) in [6, 6.07) is 15.4. The molecule has 140 valence electrons. The van der Waals surface area contributed by atoms with Crippen molar-refractivity contribution in [3.8, 4) is 0 Å². The van der Waals surface area contributed by atoms with E-state index in [0.29, 0.717) is 6.04 Å². The molecule has 0 amide bonds. The van der Waals surface area contributed by atoms with Crippen LogP contribution < -0.4 is 5.32 Å². The Labute approximate surface area is 159 Å². The minimum atomic E-state index is 0.504. The molecule has 0 radical (unpaired) electrons. The fraction of sp³-hybridized carbons (Fsp3) is 0.476. The molecule has 1 aliphatic carbocycles. The summed E-state index contributed by atoms with van der Waals surface area (Å²) >= 11 is 0. The lowest BCUT2D eigenvalue weighted by Crippen LogP contribution is -2.32. The average molecular weight is 362 g/mol. The van der Waals surface area contributed by atoms with Crippen LogP contribution in [0.25, 0.3) is 5.65 Å². The van der Waals surface area contributed by atoms with Crippen molar-refractivity contribution in [3.05, 3.63) is 53.9 Å². The van der Waals surface area contributed by atoms with E-state index in [-0.39, 0.29) is 0 Å². The van der Waals surface area contributed by atoms with Crippen LogP contribution in [0.15, 0.2) is 42.5 Å². The minimum absolute atomic E-state index is 0.504. The van der Waals surface area contributed by atoms with Crippen LogP contribution in [0.5, 0.6) is 0 Å². The van der Waals surface area contributed by atoms with E-state index in [1.165, 1.54) is 37.9 Å². The monoisotopic (exact) mass is 362 g/mol. The minimum Gasteiger partial charge on any atom is -0.366 e. The molecule has 2 aliphatic rings. The van der Waals surface area contributed by atoms with Crippen molar-refractivity contribution in [1.29, 1.82) is 0 Å². The zero-order chi connectivity index (χ0) is 18.2. The molecule has 2 fully saturated rings. The van der Waals surface area contributed by atoms with Gasteiger partial charge in [0.15, 0.2) is 11.5 Å². The van der Waals surface area contributed by atoms with Crippen LogP contribution in [0.3, 0.4) is 0 Å². The van der Waals surface area contributed by atoms with Gasteiger partial charge in [0.1, 0.15) is 5.82 Å². The third kappa shape index (κ3) is 3.41. The number of nitrogens with zero attached hydrogens (tertiary/aromatic N) is 5. The molecule has 1 N–H and O–H groups in total. The third-order valence-electron chi connectivity index (χ3n) is 6.14. The zero-order valence-electron chi connectivity index (χ0n) is 15.8. The van der Waals surface area contributed by atoms with Gasteiger partial charge in [-0.05, 0) is 55.7 Å². The maximum atomic E-state index is 4.66. The molecule has 1 unspecified atom stereocenters. The van der Waals surface area contributed by atoms with Gasteiger partial charge in [-0.15, -0.1) is 15.3 Å². The van der Waals surface area contributed by atoms with Gasteiger partial charge in [-0.3, -0.25) is 4.90 Å². The summed E-state index contributed by atoms with van der Waals surface area (Å²) < 4.78 is 1.81. The van der Waals surface area contributed by atoms with Crippen LogP contribution in [0.4, 0.5) is 5.82 Å². The third-order valence-corrected chi connectivity index (χ3v) is 6.14.